The molecule has 134 valence electrons. The van der Waals surface area contributed by atoms with Crippen molar-refractivity contribution in [3.63, 3.8) is 0 Å². The fourth-order valence-corrected chi connectivity index (χ4v) is 3.13. The molecule has 3 rings (SSSR count). The van der Waals surface area contributed by atoms with Crippen LogP contribution in [0.15, 0.2) is 24.4 Å². The topological polar surface area (TPSA) is 54.9 Å². The number of aromatic nitrogens is 1. The lowest BCUT2D eigenvalue weighted by Gasteiger charge is -2.24. The van der Waals surface area contributed by atoms with Crippen LogP contribution < -0.4 is 9.64 Å². The summed E-state index contributed by atoms with van der Waals surface area (Å²) in [5.74, 6) is -0.212. The molecular formula is C18H22FN3O3. The first-order valence-corrected chi connectivity index (χ1v) is 8.28. The van der Waals surface area contributed by atoms with Crippen LogP contribution in [0, 0.1) is 5.82 Å². The van der Waals surface area contributed by atoms with E-state index in [-0.39, 0.29) is 18.2 Å². The Bertz CT molecular complexity index is 769. The van der Waals surface area contributed by atoms with Crippen LogP contribution in [-0.2, 0) is 9.53 Å². The monoisotopic (exact) mass is 347 g/mol. The van der Waals surface area contributed by atoms with Gasteiger partial charge in [0.05, 0.1) is 25.8 Å². The number of fused-ring (bicyclic) bond motifs is 1. The average molecular weight is 347 g/mol. The van der Waals surface area contributed by atoms with Gasteiger partial charge < -0.3 is 19.3 Å². The highest BCUT2D eigenvalue weighted by molar-refractivity contribution is 5.94. The maximum atomic E-state index is 13.9. The van der Waals surface area contributed by atoms with Gasteiger partial charge in [-0.1, -0.05) is 0 Å². The molecule has 2 heterocycles. The summed E-state index contributed by atoms with van der Waals surface area (Å²) in [7, 11) is 3.06. The van der Waals surface area contributed by atoms with Crippen molar-refractivity contribution in [3.05, 3.63) is 30.2 Å². The third-order valence-corrected chi connectivity index (χ3v) is 4.43. The predicted molar refractivity (Wildman–Crippen MR) is 93.5 cm³/mol. The summed E-state index contributed by atoms with van der Waals surface area (Å²) in [6, 6.07) is 4.87. The zero-order valence-corrected chi connectivity index (χ0v) is 14.5. The third kappa shape index (κ3) is 3.66. The van der Waals surface area contributed by atoms with Crippen molar-refractivity contribution in [2.24, 2.45) is 0 Å². The Labute approximate surface area is 146 Å². The number of methoxy groups -OCH3 is 2. The minimum Gasteiger partial charge on any atom is -0.494 e. The molecule has 0 saturated carbocycles. The number of carbonyl (C=O) groups excluding carboxylic acids is 1. The first-order valence-electron chi connectivity index (χ1n) is 8.28. The number of benzene rings is 1. The van der Waals surface area contributed by atoms with Crippen molar-refractivity contribution in [2.45, 2.75) is 6.42 Å². The van der Waals surface area contributed by atoms with Gasteiger partial charge in [0, 0.05) is 50.1 Å². The number of pyridine rings is 1. The highest BCUT2D eigenvalue weighted by Gasteiger charge is 2.23. The summed E-state index contributed by atoms with van der Waals surface area (Å²) < 4.78 is 24.1. The Morgan fingerprint density at radius 1 is 1.28 bits per heavy atom. The summed E-state index contributed by atoms with van der Waals surface area (Å²) in [5, 5.41) is 0.777. The van der Waals surface area contributed by atoms with E-state index in [9.17, 15) is 9.18 Å². The van der Waals surface area contributed by atoms with Crippen molar-refractivity contribution < 1.29 is 18.7 Å². The summed E-state index contributed by atoms with van der Waals surface area (Å²) in [6.45, 7) is 2.86. The van der Waals surface area contributed by atoms with Gasteiger partial charge in [0.2, 0.25) is 5.91 Å². The molecule has 1 aromatic carbocycles. The van der Waals surface area contributed by atoms with E-state index in [2.05, 4.69) is 4.98 Å². The number of nitrogens with zero attached hydrogens (tertiary/aromatic N) is 3. The lowest BCUT2D eigenvalue weighted by molar-refractivity contribution is -0.129. The van der Waals surface area contributed by atoms with E-state index < -0.39 is 5.82 Å². The first kappa shape index (κ1) is 17.4. The van der Waals surface area contributed by atoms with Crippen LogP contribution >= 0.6 is 0 Å². The SMILES string of the molecule is COCCN1CCCN(c2ccnc3cc(F)c(OC)cc23)CC1=O. The Balaban J connectivity index is 1.92. The fourth-order valence-electron chi connectivity index (χ4n) is 3.13. The third-order valence-electron chi connectivity index (χ3n) is 4.43. The number of hydrogen-bond acceptors (Lipinski definition) is 5. The van der Waals surface area contributed by atoms with Gasteiger partial charge in [-0.3, -0.25) is 9.78 Å². The average Bonchev–Trinajstić information content (AvgIpc) is 2.80. The second-order valence-electron chi connectivity index (χ2n) is 5.98. The van der Waals surface area contributed by atoms with Crippen molar-refractivity contribution >= 4 is 22.5 Å². The van der Waals surface area contributed by atoms with E-state index in [0.29, 0.717) is 25.2 Å². The predicted octanol–water partition coefficient (Wildman–Crippen LogP) is 2.07. The number of ether oxygens (including phenoxy) is 2. The maximum Gasteiger partial charge on any atom is 0.242 e. The summed E-state index contributed by atoms with van der Waals surface area (Å²) in [5.41, 5.74) is 1.41. The van der Waals surface area contributed by atoms with Crippen LogP contribution in [0.25, 0.3) is 10.9 Å². The van der Waals surface area contributed by atoms with E-state index in [1.54, 1.807) is 19.4 Å². The molecule has 1 saturated heterocycles. The van der Waals surface area contributed by atoms with Crippen LogP contribution in [0.3, 0.4) is 0 Å². The lowest BCUT2D eigenvalue weighted by Crippen LogP contribution is -2.38. The van der Waals surface area contributed by atoms with Crippen molar-refractivity contribution in [1.82, 2.24) is 9.88 Å². The largest absolute Gasteiger partial charge is 0.494 e. The molecule has 0 bridgehead atoms. The zero-order chi connectivity index (χ0) is 17.8. The Hall–Kier alpha value is -2.41. The standard InChI is InChI=1S/C18H22FN3O3/c1-24-9-8-21-6-3-7-22(12-18(21)23)16-4-5-20-15-11-14(19)17(25-2)10-13(15)16/h4-5,10-11H,3,6-9,12H2,1-2H3. The van der Waals surface area contributed by atoms with Crippen LogP contribution in [0.5, 0.6) is 5.75 Å². The molecule has 6 nitrogen and oxygen atoms in total. The molecule has 1 fully saturated rings. The summed E-state index contributed by atoms with van der Waals surface area (Å²) in [6.07, 6.45) is 2.50. The Kier molecular flexibility index (Phi) is 5.33. The van der Waals surface area contributed by atoms with Gasteiger partial charge in [0.15, 0.2) is 11.6 Å². The van der Waals surface area contributed by atoms with Crippen LogP contribution in [0.4, 0.5) is 10.1 Å². The van der Waals surface area contributed by atoms with Gasteiger partial charge in [0.1, 0.15) is 0 Å². The Morgan fingerprint density at radius 2 is 2.12 bits per heavy atom. The molecule has 1 amide bonds. The zero-order valence-electron chi connectivity index (χ0n) is 14.5. The van der Waals surface area contributed by atoms with E-state index >= 15 is 0 Å². The first-order chi connectivity index (χ1) is 12.1. The second kappa shape index (κ2) is 7.65. The van der Waals surface area contributed by atoms with Gasteiger partial charge in [0.25, 0.3) is 0 Å². The Morgan fingerprint density at radius 3 is 2.88 bits per heavy atom. The van der Waals surface area contributed by atoms with Crippen LogP contribution in [0.2, 0.25) is 0 Å². The van der Waals surface area contributed by atoms with Crippen molar-refractivity contribution in [2.75, 3.05) is 51.9 Å². The molecule has 0 N–H and O–H groups in total. The number of rotatable bonds is 5. The quantitative estimate of drug-likeness (QED) is 0.829. The molecule has 0 spiro atoms. The highest BCUT2D eigenvalue weighted by atomic mass is 19.1. The molecule has 0 radical (unpaired) electrons. The van der Waals surface area contributed by atoms with Gasteiger partial charge in [-0.05, 0) is 18.6 Å². The maximum absolute atomic E-state index is 13.9. The highest BCUT2D eigenvalue weighted by Crippen LogP contribution is 2.31. The molecule has 2 aromatic rings. The van der Waals surface area contributed by atoms with E-state index in [1.807, 2.05) is 15.9 Å². The van der Waals surface area contributed by atoms with E-state index in [0.717, 1.165) is 24.0 Å². The normalized spacial score (nSPS) is 15.6. The van der Waals surface area contributed by atoms with Gasteiger partial charge in [-0.25, -0.2) is 4.39 Å². The molecule has 0 unspecified atom stereocenters. The fraction of sp³-hybridized carbons (Fsp3) is 0.444. The summed E-state index contributed by atoms with van der Waals surface area (Å²) >= 11 is 0. The molecule has 1 aliphatic rings. The molecule has 1 aromatic heterocycles. The molecular weight excluding hydrogens is 325 g/mol. The van der Waals surface area contributed by atoms with Crippen molar-refractivity contribution in [3.8, 4) is 5.75 Å². The minimum absolute atomic E-state index is 0.0635. The number of anilines is 1. The number of hydrogen-bond donors (Lipinski definition) is 0. The van der Waals surface area contributed by atoms with E-state index in [1.165, 1.54) is 13.2 Å². The van der Waals surface area contributed by atoms with Gasteiger partial charge in [-0.2, -0.15) is 0 Å². The molecule has 25 heavy (non-hydrogen) atoms. The molecule has 0 aliphatic carbocycles. The van der Waals surface area contributed by atoms with Crippen molar-refractivity contribution in [1.29, 1.82) is 0 Å². The molecule has 1 aliphatic heterocycles. The van der Waals surface area contributed by atoms with Gasteiger partial charge in [-0.15, -0.1) is 0 Å². The van der Waals surface area contributed by atoms with E-state index in [4.69, 9.17) is 9.47 Å². The number of halogens is 1. The minimum atomic E-state index is -0.447. The lowest BCUT2D eigenvalue weighted by atomic mass is 10.1. The van der Waals surface area contributed by atoms with Crippen LogP contribution in [0.1, 0.15) is 6.42 Å². The van der Waals surface area contributed by atoms with Gasteiger partial charge >= 0.3 is 0 Å². The number of carbonyl (C=O) groups is 1. The molecule has 7 heteroatoms. The number of amides is 1. The van der Waals surface area contributed by atoms with Crippen LogP contribution in [-0.4, -0.2) is 62.8 Å². The molecule has 0 atom stereocenters. The second-order valence-corrected chi connectivity index (χ2v) is 5.98. The summed E-state index contributed by atoms with van der Waals surface area (Å²) in [4.78, 5) is 20.6. The smallest absolute Gasteiger partial charge is 0.242 e.